The topological polar surface area (TPSA) is 85.1 Å². The average Bonchev–Trinajstić information content (AvgIpc) is 3.08. The minimum Gasteiger partial charge on any atom is -0.505 e. The molecule has 0 saturated carbocycles. The first-order valence-electron chi connectivity index (χ1n) is 10.7. The molecule has 0 aliphatic heterocycles. The summed E-state index contributed by atoms with van der Waals surface area (Å²) in [5, 5.41) is 20.2. The molecule has 0 aliphatic carbocycles. The van der Waals surface area contributed by atoms with Gasteiger partial charge in [-0.25, -0.2) is 8.42 Å². The molecular formula is C24H33N3O3S. The Bertz CT molecular complexity index is 1210. The van der Waals surface area contributed by atoms with Crippen LogP contribution in [-0.4, -0.2) is 34.3 Å². The Balaban J connectivity index is 2.27. The normalized spacial score (nSPS) is 13.1. The van der Waals surface area contributed by atoms with Gasteiger partial charge in [-0.1, -0.05) is 67.0 Å². The summed E-state index contributed by atoms with van der Waals surface area (Å²) in [6.45, 7) is 14.4. The first-order valence-corrected chi connectivity index (χ1v) is 12.4. The van der Waals surface area contributed by atoms with Crippen molar-refractivity contribution in [3.8, 4) is 11.4 Å². The van der Waals surface area contributed by atoms with Crippen LogP contribution in [0.1, 0.15) is 72.4 Å². The molecule has 0 atom stereocenters. The van der Waals surface area contributed by atoms with E-state index in [-0.39, 0.29) is 27.2 Å². The summed E-state index contributed by atoms with van der Waals surface area (Å²) >= 11 is 0. The zero-order valence-electron chi connectivity index (χ0n) is 19.5. The molecule has 0 bridgehead atoms. The van der Waals surface area contributed by atoms with Crippen molar-refractivity contribution in [1.29, 1.82) is 0 Å². The maximum atomic E-state index is 12.9. The van der Waals surface area contributed by atoms with E-state index < -0.39 is 9.84 Å². The van der Waals surface area contributed by atoms with E-state index in [9.17, 15) is 13.5 Å². The van der Waals surface area contributed by atoms with Crippen molar-refractivity contribution in [2.45, 2.75) is 77.0 Å². The number of aromatic hydroxyl groups is 1. The van der Waals surface area contributed by atoms with E-state index in [4.69, 9.17) is 0 Å². The molecule has 3 aromatic rings. The minimum absolute atomic E-state index is 0.0778. The number of aromatic nitrogens is 3. The third-order valence-electron chi connectivity index (χ3n) is 5.46. The Hall–Kier alpha value is -2.41. The fraction of sp³-hybridized carbons (Fsp3) is 0.500. The van der Waals surface area contributed by atoms with E-state index in [0.29, 0.717) is 23.1 Å². The van der Waals surface area contributed by atoms with Crippen molar-refractivity contribution in [3.63, 3.8) is 0 Å². The van der Waals surface area contributed by atoms with Gasteiger partial charge in [-0.3, -0.25) is 0 Å². The first-order chi connectivity index (χ1) is 14.3. The van der Waals surface area contributed by atoms with Gasteiger partial charge >= 0.3 is 0 Å². The Labute approximate surface area is 185 Å². The van der Waals surface area contributed by atoms with Crippen LogP contribution in [0.25, 0.3) is 16.7 Å². The lowest BCUT2D eigenvalue weighted by Crippen LogP contribution is -2.18. The zero-order chi connectivity index (χ0) is 23.2. The molecule has 31 heavy (non-hydrogen) atoms. The molecule has 0 aliphatic rings. The lowest BCUT2D eigenvalue weighted by atomic mass is 9.80. The number of phenols is 1. The van der Waals surface area contributed by atoms with Gasteiger partial charge in [0.05, 0.1) is 10.6 Å². The van der Waals surface area contributed by atoms with Gasteiger partial charge in [0.15, 0.2) is 9.84 Å². The smallest absolute Gasteiger partial charge is 0.180 e. The second-order valence-electron chi connectivity index (χ2n) is 10.2. The molecule has 0 fully saturated rings. The molecule has 6 nitrogen and oxygen atoms in total. The molecule has 1 heterocycles. The molecule has 3 rings (SSSR count). The third kappa shape index (κ3) is 4.61. The number of fused-ring (bicyclic) bond motifs is 1. The van der Waals surface area contributed by atoms with Crippen LogP contribution in [0.15, 0.2) is 35.2 Å². The van der Waals surface area contributed by atoms with Gasteiger partial charge in [-0.05, 0) is 41.0 Å². The van der Waals surface area contributed by atoms with E-state index in [0.717, 1.165) is 17.5 Å². The monoisotopic (exact) mass is 443 g/mol. The van der Waals surface area contributed by atoms with Gasteiger partial charge in [-0.2, -0.15) is 0 Å². The number of nitrogens with zero attached hydrogens (tertiary/aromatic N) is 3. The molecule has 0 unspecified atom stereocenters. The molecule has 1 aromatic heterocycles. The van der Waals surface area contributed by atoms with Crippen LogP contribution in [-0.2, 0) is 20.7 Å². The summed E-state index contributed by atoms with van der Waals surface area (Å²) in [4.78, 5) is 1.55. The van der Waals surface area contributed by atoms with Crippen molar-refractivity contribution in [2.75, 3.05) is 5.75 Å². The van der Waals surface area contributed by atoms with Crippen molar-refractivity contribution < 1.29 is 13.5 Å². The number of sulfone groups is 1. The predicted molar refractivity (Wildman–Crippen MR) is 125 cm³/mol. The van der Waals surface area contributed by atoms with Crippen LogP contribution in [0.4, 0.5) is 0 Å². The van der Waals surface area contributed by atoms with Crippen LogP contribution in [0.2, 0.25) is 0 Å². The summed E-state index contributed by atoms with van der Waals surface area (Å²) in [6, 6.07) is 8.93. The van der Waals surface area contributed by atoms with Gasteiger partial charge in [0.2, 0.25) is 0 Å². The molecule has 0 amide bonds. The highest BCUT2D eigenvalue weighted by molar-refractivity contribution is 7.91. The second kappa shape index (κ2) is 7.93. The summed E-state index contributed by atoms with van der Waals surface area (Å²) in [6.07, 6.45) is 1.39. The van der Waals surface area contributed by atoms with E-state index in [1.165, 1.54) is 4.80 Å². The Morgan fingerprint density at radius 1 is 1.00 bits per heavy atom. The number of rotatable bonds is 5. The van der Waals surface area contributed by atoms with Crippen LogP contribution < -0.4 is 0 Å². The highest BCUT2D eigenvalue weighted by Crippen LogP contribution is 2.39. The standard InChI is InChI=1S/C24H33N3O3S/c1-8-9-13-31(29,30)20-12-10-11-18-21(20)26-27(25-18)19-15-16(23(2,3)4)14-17(22(19)28)24(5,6)7/h10-12,14-15,28H,8-9,13H2,1-7H3. The van der Waals surface area contributed by atoms with Gasteiger partial charge in [0, 0.05) is 5.56 Å². The van der Waals surface area contributed by atoms with E-state index in [2.05, 4.69) is 31.0 Å². The Kier molecular flexibility index (Phi) is 5.95. The summed E-state index contributed by atoms with van der Waals surface area (Å²) in [5.41, 5.74) is 2.66. The molecular weight excluding hydrogens is 410 g/mol. The highest BCUT2D eigenvalue weighted by atomic mass is 32.2. The number of hydrogen-bond donors (Lipinski definition) is 1. The molecule has 0 saturated heterocycles. The van der Waals surface area contributed by atoms with Gasteiger partial charge in [0.25, 0.3) is 0 Å². The fourth-order valence-electron chi connectivity index (χ4n) is 3.49. The molecule has 0 radical (unpaired) electrons. The average molecular weight is 444 g/mol. The molecule has 1 N–H and O–H groups in total. The predicted octanol–water partition coefficient (Wildman–Crippen LogP) is 5.29. The number of phenolic OH excluding ortho intramolecular Hbond substituents is 1. The van der Waals surface area contributed by atoms with Gasteiger partial charge in [-0.15, -0.1) is 15.0 Å². The fourth-order valence-corrected chi connectivity index (χ4v) is 5.10. The first kappa shape index (κ1) is 23.3. The summed E-state index contributed by atoms with van der Waals surface area (Å²) in [7, 11) is -3.47. The highest BCUT2D eigenvalue weighted by Gasteiger charge is 2.27. The summed E-state index contributed by atoms with van der Waals surface area (Å²) < 4.78 is 25.7. The quantitative estimate of drug-likeness (QED) is 0.579. The van der Waals surface area contributed by atoms with Crippen molar-refractivity contribution in [2.24, 2.45) is 0 Å². The SMILES string of the molecule is CCCCS(=O)(=O)c1cccc2nn(-c3cc(C(C)(C)C)cc(C(C)(C)C)c3O)nc12. The zero-order valence-corrected chi connectivity index (χ0v) is 20.3. The Morgan fingerprint density at radius 3 is 2.26 bits per heavy atom. The second-order valence-corrected chi connectivity index (χ2v) is 12.3. The van der Waals surface area contributed by atoms with Crippen LogP contribution in [0.5, 0.6) is 5.75 Å². The molecule has 7 heteroatoms. The largest absolute Gasteiger partial charge is 0.505 e. The van der Waals surface area contributed by atoms with E-state index in [1.54, 1.807) is 18.2 Å². The molecule has 2 aromatic carbocycles. The summed E-state index contributed by atoms with van der Waals surface area (Å²) in [5.74, 6) is 0.185. The third-order valence-corrected chi connectivity index (χ3v) is 7.28. The molecule has 0 spiro atoms. The lowest BCUT2D eigenvalue weighted by Gasteiger charge is -2.27. The van der Waals surface area contributed by atoms with Gasteiger partial charge < -0.3 is 5.11 Å². The number of benzene rings is 2. The van der Waals surface area contributed by atoms with Crippen molar-refractivity contribution >= 4 is 20.9 Å². The Morgan fingerprint density at radius 2 is 1.68 bits per heavy atom. The minimum atomic E-state index is -3.47. The molecule has 168 valence electrons. The van der Waals surface area contributed by atoms with Crippen molar-refractivity contribution in [3.05, 3.63) is 41.5 Å². The maximum absolute atomic E-state index is 12.9. The van der Waals surface area contributed by atoms with Gasteiger partial charge in [0.1, 0.15) is 22.5 Å². The van der Waals surface area contributed by atoms with Crippen LogP contribution in [0.3, 0.4) is 0 Å². The lowest BCUT2D eigenvalue weighted by molar-refractivity contribution is 0.438. The van der Waals surface area contributed by atoms with E-state index in [1.807, 2.05) is 39.8 Å². The van der Waals surface area contributed by atoms with Crippen LogP contribution in [0, 0.1) is 0 Å². The van der Waals surface area contributed by atoms with Crippen molar-refractivity contribution in [1.82, 2.24) is 15.0 Å². The van der Waals surface area contributed by atoms with E-state index >= 15 is 0 Å². The number of hydrogen-bond acceptors (Lipinski definition) is 5. The number of unbranched alkanes of at least 4 members (excludes halogenated alkanes) is 1. The maximum Gasteiger partial charge on any atom is 0.180 e. The van der Waals surface area contributed by atoms with Crippen LogP contribution >= 0.6 is 0 Å².